The number of carbonyl (C=O) groups excluding carboxylic acids is 2. The van der Waals surface area contributed by atoms with E-state index in [2.05, 4.69) is 0 Å². The quantitative estimate of drug-likeness (QED) is 0.385. The first kappa shape index (κ1) is 25.9. The van der Waals surface area contributed by atoms with Gasteiger partial charge in [0.25, 0.3) is 0 Å². The molecule has 0 radical (unpaired) electrons. The molecule has 2 aromatic rings. The summed E-state index contributed by atoms with van der Waals surface area (Å²) in [5.74, 6) is -0.927. The van der Waals surface area contributed by atoms with Crippen LogP contribution in [0.4, 0.5) is 0 Å². The standard InChI is InChI=1S/C24H30N2O9/c1-31-19-6-5-16(23(33-3)24(19)34-4)17(12-20(29)32-2)22-21(30)18(28)11-15(35-22)13-25-7-9-26(14-27)10-8-25/h5-6,11,14,17,30H,7-10,12-13H2,1-4H3. The minimum atomic E-state index is -0.920. The zero-order valence-corrected chi connectivity index (χ0v) is 20.2. The molecule has 0 bridgehead atoms. The predicted octanol–water partition coefficient (Wildman–Crippen LogP) is 1.34. The van der Waals surface area contributed by atoms with Gasteiger partial charge < -0.3 is 33.4 Å². The first-order valence-electron chi connectivity index (χ1n) is 11.0. The summed E-state index contributed by atoms with van der Waals surface area (Å²) in [5.41, 5.74) is -0.201. The number of rotatable bonds is 10. The van der Waals surface area contributed by atoms with Crippen LogP contribution in [-0.2, 0) is 20.9 Å². The number of nitrogens with zero attached hydrogens (tertiary/aromatic N) is 2. The summed E-state index contributed by atoms with van der Waals surface area (Å²) in [6, 6.07) is 4.51. The lowest BCUT2D eigenvalue weighted by Crippen LogP contribution is -2.45. The summed E-state index contributed by atoms with van der Waals surface area (Å²) < 4.78 is 27.2. The number of hydrogen-bond acceptors (Lipinski definition) is 10. The van der Waals surface area contributed by atoms with Crippen LogP contribution >= 0.6 is 0 Å². The summed E-state index contributed by atoms with van der Waals surface area (Å²) in [5, 5.41) is 10.7. The van der Waals surface area contributed by atoms with Crippen LogP contribution in [0.15, 0.2) is 27.4 Å². The molecule has 190 valence electrons. The number of amides is 1. The monoisotopic (exact) mass is 490 g/mol. The first-order chi connectivity index (χ1) is 16.9. The van der Waals surface area contributed by atoms with Crippen molar-refractivity contribution < 1.29 is 38.1 Å². The Morgan fingerprint density at radius 2 is 1.77 bits per heavy atom. The predicted molar refractivity (Wildman–Crippen MR) is 124 cm³/mol. The highest BCUT2D eigenvalue weighted by Gasteiger charge is 2.31. The van der Waals surface area contributed by atoms with E-state index in [1.807, 2.05) is 4.90 Å². The molecule has 3 rings (SSSR count). The number of hydrogen-bond donors (Lipinski definition) is 1. The Kier molecular flexibility index (Phi) is 8.58. The van der Waals surface area contributed by atoms with Gasteiger partial charge in [-0.05, 0) is 6.07 Å². The van der Waals surface area contributed by atoms with Crippen molar-refractivity contribution in [1.29, 1.82) is 0 Å². The van der Waals surface area contributed by atoms with Crippen molar-refractivity contribution in [1.82, 2.24) is 9.80 Å². The molecule has 1 saturated heterocycles. The van der Waals surface area contributed by atoms with Gasteiger partial charge >= 0.3 is 5.97 Å². The molecule has 1 aliphatic heterocycles. The number of esters is 1. The highest BCUT2D eigenvalue weighted by atomic mass is 16.5. The topological polar surface area (TPSA) is 128 Å². The molecular weight excluding hydrogens is 460 g/mol. The van der Waals surface area contributed by atoms with Crippen LogP contribution in [0, 0.1) is 0 Å². The van der Waals surface area contributed by atoms with E-state index in [1.165, 1.54) is 34.5 Å². The Hall–Kier alpha value is -3.73. The lowest BCUT2D eigenvalue weighted by atomic mass is 9.90. The fourth-order valence-electron chi connectivity index (χ4n) is 4.11. The maximum Gasteiger partial charge on any atom is 0.306 e. The number of ether oxygens (including phenoxy) is 4. The van der Waals surface area contributed by atoms with E-state index in [0.29, 0.717) is 49.8 Å². The molecule has 1 fully saturated rings. The van der Waals surface area contributed by atoms with Crippen LogP contribution in [0.5, 0.6) is 23.0 Å². The average molecular weight is 491 g/mol. The Morgan fingerprint density at radius 1 is 1.09 bits per heavy atom. The second-order valence-corrected chi connectivity index (χ2v) is 7.96. The van der Waals surface area contributed by atoms with Gasteiger partial charge in [0.1, 0.15) is 5.76 Å². The Balaban J connectivity index is 2.07. The molecule has 0 saturated carbocycles. The Morgan fingerprint density at radius 3 is 2.34 bits per heavy atom. The van der Waals surface area contributed by atoms with Crippen LogP contribution in [0.3, 0.4) is 0 Å². The van der Waals surface area contributed by atoms with E-state index in [0.717, 1.165) is 6.41 Å². The van der Waals surface area contributed by atoms with Gasteiger partial charge in [-0.2, -0.15) is 0 Å². The van der Waals surface area contributed by atoms with Gasteiger partial charge in [0.05, 0.1) is 47.3 Å². The van der Waals surface area contributed by atoms with Gasteiger partial charge in [0.15, 0.2) is 17.3 Å². The van der Waals surface area contributed by atoms with Gasteiger partial charge in [0.2, 0.25) is 23.3 Å². The van der Waals surface area contributed by atoms with Crippen LogP contribution < -0.4 is 19.6 Å². The molecule has 1 N–H and O–H groups in total. The van der Waals surface area contributed by atoms with E-state index >= 15 is 0 Å². The smallest absolute Gasteiger partial charge is 0.306 e. The molecule has 11 heteroatoms. The fraction of sp³-hybridized carbons (Fsp3) is 0.458. The van der Waals surface area contributed by atoms with Crippen LogP contribution in [-0.4, -0.2) is 81.9 Å². The third-order valence-electron chi connectivity index (χ3n) is 5.96. The molecule has 35 heavy (non-hydrogen) atoms. The van der Waals surface area contributed by atoms with Crippen LogP contribution in [0.2, 0.25) is 0 Å². The molecule has 1 aliphatic rings. The summed E-state index contributed by atoms with van der Waals surface area (Å²) >= 11 is 0. The van der Waals surface area contributed by atoms with E-state index in [-0.39, 0.29) is 23.7 Å². The second kappa shape index (κ2) is 11.6. The highest BCUT2D eigenvalue weighted by Crippen LogP contribution is 2.46. The molecule has 0 aliphatic carbocycles. The van der Waals surface area contributed by atoms with Gasteiger partial charge in [-0.1, -0.05) is 6.07 Å². The van der Waals surface area contributed by atoms with Crippen molar-refractivity contribution in [3.63, 3.8) is 0 Å². The summed E-state index contributed by atoms with van der Waals surface area (Å²) in [7, 11) is 5.60. The number of piperazine rings is 1. The van der Waals surface area contributed by atoms with Gasteiger partial charge in [0, 0.05) is 37.8 Å². The van der Waals surface area contributed by atoms with Gasteiger partial charge in [-0.25, -0.2) is 0 Å². The lowest BCUT2D eigenvalue weighted by molar-refractivity contribution is -0.141. The SMILES string of the molecule is COC(=O)CC(c1ccc(OC)c(OC)c1OC)c1oc(CN2CCN(C=O)CC2)cc(=O)c1O. The number of aromatic hydroxyl groups is 1. The van der Waals surface area contributed by atoms with Crippen LogP contribution in [0.1, 0.15) is 29.4 Å². The third kappa shape index (κ3) is 5.68. The second-order valence-electron chi connectivity index (χ2n) is 7.96. The van der Waals surface area contributed by atoms with Crippen molar-refractivity contribution in [3.05, 3.63) is 45.5 Å². The van der Waals surface area contributed by atoms with Crippen LogP contribution in [0.25, 0.3) is 0 Å². The molecule has 2 heterocycles. The number of methoxy groups -OCH3 is 4. The van der Waals surface area contributed by atoms with Crippen molar-refractivity contribution >= 4 is 12.4 Å². The molecule has 11 nitrogen and oxygen atoms in total. The normalized spacial score (nSPS) is 14.8. The van der Waals surface area contributed by atoms with E-state index in [1.54, 1.807) is 17.0 Å². The zero-order chi connectivity index (χ0) is 25.5. The van der Waals surface area contributed by atoms with Gasteiger partial charge in [-0.3, -0.25) is 19.3 Å². The Bertz CT molecular complexity index is 1110. The molecule has 1 unspecified atom stereocenters. The lowest BCUT2D eigenvalue weighted by Gasteiger charge is -2.32. The minimum absolute atomic E-state index is 0.0880. The van der Waals surface area contributed by atoms with Crippen molar-refractivity contribution in [2.24, 2.45) is 0 Å². The summed E-state index contributed by atoms with van der Waals surface area (Å²) in [6.07, 6.45) is 0.574. The van der Waals surface area contributed by atoms with E-state index in [9.17, 15) is 19.5 Å². The van der Waals surface area contributed by atoms with Crippen molar-refractivity contribution in [3.8, 4) is 23.0 Å². The Labute approximate surface area is 202 Å². The van der Waals surface area contributed by atoms with Crippen molar-refractivity contribution in [2.45, 2.75) is 18.9 Å². The minimum Gasteiger partial charge on any atom is -0.502 e. The average Bonchev–Trinajstić information content (AvgIpc) is 2.88. The fourth-order valence-corrected chi connectivity index (χ4v) is 4.11. The molecule has 1 atom stereocenters. The van der Waals surface area contributed by atoms with E-state index < -0.39 is 23.1 Å². The van der Waals surface area contributed by atoms with E-state index in [4.69, 9.17) is 23.4 Å². The third-order valence-corrected chi connectivity index (χ3v) is 5.96. The van der Waals surface area contributed by atoms with Crippen molar-refractivity contribution in [2.75, 3.05) is 54.6 Å². The zero-order valence-electron chi connectivity index (χ0n) is 20.2. The highest BCUT2D eigenvalue weighted by molar-refractivity contribution is 5.72. The molecule has 1 aromatic heterocycles. The molecule has 0 spiro atoms. The molecule has 1 aromatic carbocycles. The number of benzene rings is 1. The maximum atomic E-state index is 12.7. The first-order valence-corrected chi connectivity index (χ1v) is 11.0. The van der Waals surface area contributed by atoms with Gasteiger partial charge in [-0.15, -0.1) is 0 Å². The summed E-state index contributed by atoms with van der Waals surface area (Å²) in [4.78, 5) is 39.7. The largest absolute Gasteiger partial charge is 0.502 e. The molecule has 1 amide bonds. The molecular formula is C24H30N2O9. The summed E-state index contributed by atoms with van der Waals surface area (Å²) in [6.45, 7) is 2.63. The number of carbonyl (C=O) groups is 2. The maximum absolute atomic E-state index is 12.7.